The topological polar surface area (TPSA) is 78.0 Å². The minimum atomic E-state index is -0.158. The lowest BCUT2D eigenvalue weighted by Gasteiger charge is -2.33. The van der Waals surface area contributed by atoms with Gasteiger partial charge in [0.2, 0.25) is 5.43 Å². The first kappa shape index (κ1) is 21.7. The first-order valence-electron chi connectivity index (χ1n) is 11.6. The molecule has 2 aromatic carbocycles. The van der Waals surface area contributed by atoms with Crippen molar-refractivity contribution in [2.45, 2.75) is 0 Å². The van der Waals surface area contributed by atoms with Gasteiger partial charge in [-0.25, -0.2) is 9.97 Å². The van der Waals surface area contributed by atoms with E-state index in [1.165, 1.54) is 0 Å². The number of halogens is 1. The highest BCUT2D eigenvalue weighted by molar-refractivity contribution is 6.35. The van der Waals surface area contributed by atoms with Gasteiger partial charge in [0.05, 0.1) is 21.9 Å². The summed E-state index contributed by atoms with van der Waals surface area (Å²) < 4.78 is 0. The van der Waals surface area contributed by atoms with E-state index in [1.807, 2.05) is 54.6 Å². The lowest BCUT2D eigenvalue weighted by molar-refractivity contribution is 0.312. The second-order valence-electron chi connectivity index (χ2n) is 8.83. The molecule has 1 N–H and O–H groups in total. The first-order valence-corrected chi connectivity index (χ1v) is 11.9. The van der Waals surface area contributed by atoms with Gasteiger partial charge in [0.25, 0.3) is 0 Å². The van der Waals surface area contributed by atoms with Crippen molar-refractivity contribution in [3.8, 4) is 22.5 Å². The summed E-state index contributed by atoms with van der Waals surface area (Å²) in [5, 5.41) is 1.42. The van der Waals surface area contributed by atoms with Crippen molar-refractivity contribution in [3.63, 3.8) is 0 Å². The number of benzene rings is 2. The van der Waals surface area contributed by atoms with Crippen molar-refractivity contribution in [2.75, 3.05) is 38.1 Å². The summed E-state index contributed by atoms with van der Waals surface area (Å²) in [6.07, 6.45) is 1.72. The van der Waals surface area contributed by atoms with Crippen molar-refractivity contribution in [2.24, 2.45) is 0 Å². The third-order valence-corrected chi connectivity index (χ3v) is 6.75. The zero-order chi connectivity index (χ0) is 23.9. The van der Waals surface area contributed by atoms with Gasteiger partial charge in [0.15, 0.2) is 11.2 Å². The van der Waals surface area contributed by atoms with Gasteiger partial charge in [-0.3, -0.25) is 9.78 Å². The van der Waals surface area contributed by atoms with Crippen LogP contribution in [0.5, 0.6) is 0 Å². The fraction of sp³-hybridized carbons (Fsp3) is 0.185. The monoisotopic (exact) mass is 482 g/mol. The Balaban J connectivity index is 1.57. The van der Waals surface area contributed by atoms with E-state index in [1.54, 1.807) is 12.3 Å². The molecule has 1 saturated heterocycles. The molecular formula is C27H23ClN6O. The van der Waals surface area contributed by atoms with Crippen LogP contribution < -0.4 is 10.3 Å². The van der Waals surface area contributed by atoms with Gasteiger partial charge in [0.1, 0.15) is 5.82 Å². The SMILES string of the molecule is CN1CCN(c2cc(=O)c3nc(-c4cc(Cl)c5ncccc5c4)c(-c4ccccc4)nc3[nH]2)CC1. The number of hydrogen-bond acceptors (Lipinski definition) is 6. The second kappa shape index (κ2) is 8.76. The number of likely N-dealkylation sites (N-methyl/N-ethyl adjacent to an activating group) is 1. The van der Waals surface area contributed by atoms with Crippen LogP contribution in [0.1, 0.15) is 0 Å². The second-order valence-corrected chi connectivity index (χ2v) is 9.23. The molecule has 1 aliphatic heterocycles. The van der Waals surface area contributed by atoms with Gasteiger partial charge < -0.3 is 14.8 Å². The zero-order valence-corrected chi connectivity index (χ0v) is 20.0. The fourth-order valence-electron chi connectivity index (χ4n) is 4.55. The van der Waals surface area contributed by atoms with Crippen molar-refractivity contribution in [1.82, 2.24) is 24.8 Å². The first-order chi connectivity index (χ1) is 17.1. The quantitative estimate of drug-likeness (QED) is 0.405. The molecule has 5 aromatic rings. The molecule has 4 heterocycles. The maximum Gasteiger partial charge on any atom is 0.211 e. The van der Waals surface area contributed by atoms with E-state index in [0.717, 1.165) is 54.0 Å². The maximum atomic E-state index is 13.2. The van der Waals surface area contributed by atoms with Crippen LogP contribution in [0.15, 0.2) is 71.7 Å². The molecule has 6 rings (SSSR count). The van der Waals surface area contributed by atoms with E-state index in [0.29, 0.717) is 27.6 Å². The molecule has 174 valence electrons. The van der Waals surface area contributed by atoms with Crippen LogP contribution in [-0.2, 0) is 0 Å². The molecule has 35 heavy (non-hydrogen) atoms. The molecule has 0 saturated carbocycles. The van der Waals surface area contributed by atoms with Crippen LogP contribution in [-0.4, -0.2) is 58.1 Å². The Hall–Kier alpha value is -3.81. The van der Waals surface area contributed by atoms with Crippen molar-refractivity contribution in [1.29, 1.82) is 0 Å². The predicted octanol–water partition coefficient (Wildman–Crippen LogP) is 4.61. The van der Waals surface area contributed by atoms with Gasteiger partial charge in [-0.05, 0) is 25.2 Å². The highest BCUT2D eigenvalue weighted by Crippen LogP contribution is 2.34. The average molecular weight is 483 g/mol. The van der Waals surface area contributed by atoms with Crippen LogP contribution in [0.3, 0.4) is 0 Å². The van der Waals surface area contributed by atoms with Crippen LogP contribution in [0.25, 0.3) is 44.6 Å². The summed E-state index contributed by atoms with van der Waals surface area (Å²) in [7, 11) is 2.11. The standard InChI is InChI=1S/C27H23ClN6O/c1-33-10-12-34(13-11-33)22-16-21(35)26-27(30-22)32-24(17-6-3-2-4-7-17)25(31-26)19-14-18-8-5-9-29-23(18)20(28)15-19/h2-9,14-16H,10-13H2,1H3,(H,30,32,35). The van der Waals surface area contributed by atoms with Gasteiger partial charge in [-0.15, -0.1) is 0 Å². The Labute approximate surface area is 207 Å². The summed E-state index contributed by atoms with van der Waals surface area (Å²) in [6.45, 7) is 3.58. The smallest absolute Gasteiger partial charge is 0.211 e. The van der Waals surface area contributed by atoms with Crippen LogP contribution >= 0.6 is 11.6 Å². The third-order valence-electron chi connectivity index (χ3n) is 6.47. The summed E-state index contributed by atoms with van der Waals surface area (Å²) in [6, 6.07) is 19.2. The summed E-state index contributed by atoms with van der Waals surface area (Å²) in [5.41, 5.74) is 4.33. The van der Waals surface area contributed by atoms with Crippen molar-refractivity contribution in [3.05, 3.63) is 82.1 Å². The van der Waals surface area contributed by atoms with Crippen LogP contribution in [0, 0.1) is 0 Å². The Morgan fingerprint density at radius 1 is 0.857 bits per heavy atom. The summed E-state index contributed by atoms with van der Waals surface area (Å²) in [5.74, 6) is 0.775. The molecule has 0 radical (unpaired) electrons. The molecule has 0 atom stereocenters. The predicted molar refractivity (Wildman–Crippen MR) is 141 cm³/mol. The largest absolute Gasteiger partial charge is 0.355 e. The van der Waals surface area contributed by atoms with E-state index >= 15 is 0 Å². The minimum Gasteiger partial charge on any atom is -0.355 e. The Morgan fingerprint density at radius 2 is 1.63 bits per heavy atom. The lowest BCUT2D eigenvalue weighted by Crippen LogP contribution is -2.45. The number of H-pyrrole nitrogens is 1. The van der Waals surface area contributed by atoms with Gasteiger partial charge in [0, 0.05) is 55.0 Å². The number of hydrogen-bond donors (Lipinski definition) is 1. The number of rotatable bonds is 3. The van der Waals surface area contributed by atoms with E-state index in [4.69, 9.17) is 21.6 Å². The number of nitrogens with one attached hydrogen (secondary N) is 1. The Kier molecular flexibility index (Phi) is 5.43. The number of aromatic nitrogens is 4. The van der Waals surface area contributed by atoms with Crippen molar-refractivity contribution < 1.29 is 0 Å². The highest BCUT2D eigenvalue weighted by atomic mass is 35.5. The van der Waals surface area contributed by atoms with E-state index in [9.17, 15) is 4.79 Å². The average Bonchev–Trinajstić information content (AvgIpc) is 2.89. The number of fused-ring (bicyclic) bond motifs is 2. The zero-order valence-electron chi connectivity index (χ0n) is 19.2. The molecule has 3 aromatic heterocycles. The normalized spacial score (nSPS) is 14.6. The van der Waals surface area contributed by atoms with Crippen LogP contribution in [0.4, 0.5) is 5.82 Å². The fourth-order valence-corrected chi connectivity index (χ4v) is 4.82. The van der Waals surface area contributed by atoms with E-state index < -0.39 is 0 Å². The Morgan fingerprint density at radius 3 is 2.43 bits per heavy atom. The number of nitrogens with zero attached hydrogens (tertiary/aromatic N) is 5. The lowest BCUT2D eigenvalue weighted by atomic mass is 10.0. The summed E-state index contributed by atoms with van der Waals surface area (Å²) >= 11 is 6.59. The van der Waals surface area contributed by atoms with Crippen LogP contribution in [0.2, 0.25) is 5.02 Å². The van der Waals surface area contributed by atoms with Crippen molar-refractivity contribution >= 4 is 39.5 Å². The number of piperazine rings is 1. The third kappa shape index (κ3) is 4.03. The maximum absolute atomic E-state index is 13.2. The van der Waals surface area contributed by atoms with Gasteiger partial charge in [-0.2, -0.15) is 0 Å². The molecule has 8 heteroatoms. The van der Waals surface area contributed by atoms with Gasteiger partial charge >= 0.3 is 0 Å². The molecule has 0 amide bonds. The molecule has 0 bridgehead atoms. The number of anilines is 1. The van der Waals surface area contributed by atoms with Gasteiger partial charge in [-0.1, -0.05) is 48.0 Å². The number of pyridine rings is 2. The number of aromatic amines is 1. The molecule has 1 fully saturated rings. The summed E-state index contributed by atoms with van der Waals surface area (Å²) in [4.78, 5) is 35.3. The molecule has 7 nitrogen and oxygen atoms in total. The van der Waals surface area contributed by atoms with E-state index in [2.05, 4.69) is 26.8 Å². The molecular weight excluding hydrogens is 460 g/mol. The Bertz CT molecular complexity index is 1610. The van der Waals surface area contributed by atoms with E-state index in [-0.39, 0.29) is 5.43 Å². The minimum absolute atomic E-state index is 0.158. The molecule has 0 unspecified atom stereocenters. The molecule has 1 aliphatic rings. The highest BCUT2D eigenvalue weighted by Gasteiger charge is 2.20. The molecule has 0 spiro atoms. The molecule has 0 aliphatic carbocycles.